The van der Waals surface area contributed by atoms with E-state index in [9.17, 15) is 14.0 Å². The first kappa shape index (κ1) is 22.9. The van der Waals surface area contributed by atoms with Gasteiger partial charge in [-0.25, -0.2) is 4.39 Å². The Hall–Kier alpha value is -2.34. The van der Waals surface area contributed by atoms with Crippen LogP contribution in [0.4, 0.5) is 4.39 Å². The van der Waals surface area contributed by atoms with Crippen molar-refractivity contribution in [2.45, 2.75) is 51.6 Å². The van der Waals surface area contributed by atoms with Gasteiger partial charge in [-0.3, -0.25) is 9.59 Å². The molecule has 1 atom stereocenters. The number of thioether (sulfide) groups is 1. The molecule has 0 saturated heterocycles. The summed E-state index contributed by atoms with van der Waals surface area (Å²) in [5.41, 5.74) is 2.01. The molecule has 2 aromatic rings. The van der Waals surface area contributed by atoms with E-state index in [0.29, 0.717) is 12.2 Å². The second-order valence-electron chi connectivity index (χ2n) is 7.28. The first-order chi connectivity index (χ1) is 13.9. The van der Waals surface area contributed by atoms with Crippen molar-refractivity contribution in [3.05, 3.63) is 71.5 Å². The van der Waals surface area contributed by atoms with Crippen molar-refractivity contribution in [3.63, 3.8) is 0 Å². The van der Waals surface area contributed by atoms with Crippen LogP contribution in [0.25, 0.3) is 0 Å². The van der Waals surface area contributed by atoms with Crippen molar-refractivity contribution >= 4 is 23.6 Å². The van der Waals surface area contributed by atoms with Gasteiger partial charge in [-0.05, 0) is 44.0 Å². The fraction of sp³-hybridized carbons (Fsp3) is 0.391. The third-order valence-corrected chi connectivity index (χ3v) is 5.47. The molecule has 2 rings (SSSR count). The first-order valence-corrected chi connectivity index (χ1v) is 11.0. The number of nitrogens with one attached hydrogen (secondary N) is 1. The molecule has 4 nitrogen and oxygen atoms in total. The average molecular weight is 417 g/mol. The predicted molar refractivity (Wildman–Crippen MR) is 117 cm³/mol. The van der Waals surface area contributed by atoms with Crippen LogP contribution in [-0.2, 0) is 21.9 Å². The number of carbonyl (C=O) groups excluding carboxylic acids is 2. The standard InChI is InChI=1S/C23H29FN2O2S/c1-17(2)25-23(28)18(3)26(15-19-9-11-21(24)12-10-19)22(27)13-14-29-16-20-7-5-4-6-8-20/h4-12,17-18H,13-16H2,1-3H3,(H,25,28)/t18-/m0/s1. The van der Waals surface area contributed by atoms with Gasteiger partial charge in [0.1, 0.15) is 11.9 Å². The average Bonchev–Trinajstić information content (AvgIpc) is 2.70. The highest BCUT2D eigenvalue weighted by Crippen LogP contribution is 2.16. The topological polar surface area (TPSA) is 49.4 Å². The minimum Gasteiger partial charge on any atom is -0.352 e. The molecule has 0 aliphatic rings. The van der Waals surface area contributed by atoms with Gasteiger partial charge >= 0.3 is 0 Å². The maximum Gasteiger partial charge on any atom is 0.242 e. The Bertz CT molecular complexity index is 781. The van der Waals surface area contributed by atoms with E-state index in [1.165, 1.54) is 17.7 Å². The zero-order valence-corrected chi connectivity index (χ0v) is 18.0. The lowest BCUT2D eigenvalue weighted by Crippen LogP contribution is -2.49. The summed E-state index contributed by atoms with van der Waals surface area (Å²) in [6.45, 7) is 5.78. The van der Waals surface area contributed by atoms with Crippen LogP contribution in [0.15, 0.2) is 54.6 Å². The molecule has 29 heavy (non-hydrogen) atoms. The van der Waals surface area contributed by atoms with Gasteiger partial charge in [0.15, 0.2) is 0 Å². The summed E-state index contributed by atoms with van der Waals surface area (Å²) in [6.07, 6.45) is 0.345. The van der Waals surface area contributed by atoms with Crippen LogP contribution in [0.5, 0.6) is 0 Å². The molecule has 0 fully saturated rings. The second kappa shape index (κ2) is 11.6. The first-order valence-electron chi connectivity index (χ1n) is 9.82. The Morgan fingerprint density at radius 2 is 1.66 bits per heavy atom. The molecular weight excluding hydrogens is 387 g/mol. The molecule has 0 bridgehead atoms. The van der Waals surface area contributed by atoms with Crippen LogP contribution in [0.3, 0.4) is 0 Å². The normalized spacial score (nSPS) is 11.9. The van der Waals surface area contributed by atoms with E-state index < -0.39 is 6.04 Å². The van der Waals surface area contributed by atoms with Gasteiger partial charge < -0.3 is 10.2 Å². The van der Waals surface area contributed by atoms with Crippen molar-refractivity contribution in [2.75, 3.05) is 5.75 Å². The summed E-state index contributed by atoms with van der Waals surface area (Å²) in [7, 11) is 0. The molecule has 0 unspecified atom stereocenters. The van der Waals surface area contributed by atoms with E-state index >= 15 is 0 Å². The number of halogens is 1. The molecule has 1 N–H and O–H groups in total. The highest BCUT2D eigenvalue weighted by molar-refractivity contribution is 7.98. The lowest BCUT2D eigenvalue weighted by atomic mass is 10.1. The van der Waals surface area contributed by atoms with Crippen LogP contribution < -0.4 is 5.32 Å². The number of hydrogen-bond donors (Lipinski definition) is 1. The Kier molecular flexibility index (Phi) is 9.19. The van der Waals surface area contributed by atoms with Crippen LogP contribution >= 0.6 is 11.8 Å². The Morgan fingerprint density at radius 1 is 1.00 bits per heavy atom. The van der Waals surface area contributed by atoms with E-state index in [-0.39, 0.29) is 30.2 Å². The third kappa shape index (κ3) is 7.89. The molecule has 156 valence electrons. The van der Waals surface area contributed by atoms with Crippen molar-refractivity contribution in [2.24, 2.45) is 0 Å². The van der Waals surface area contributed by atoms with E-state index in [1.54, 1.807) is 35.7 Å². The maximum absolute atomic E-state index is 13.2. The summed E-state index contributed by atoms with van der Waals surface area (Å²) in [5, 5.41) is 2.86. The van der Waals surface area contributed by atoms with Crippen LogP contribution in [0, 0.1) is 5.82 Å². The molecule has 0 spiro atoms. The summed E-state index contributed by atoms with van der Waals surface area (Å²) in [6, 6.07) is 15.5. The van der Waals surface area contributed by atoms with Crippen LogP contribution in [0.1, 0.15) is 38.3 Å². The summed E-state index contributed by atoms with van der Waals surface area (Å²) < 4.78 is 13.2. The zero-order valence-electron chi connectivity index (χ0n) is 17.2. The van der Waals surface area contributed by atoms with Gasteiger partial charge in [0.2, 0.25) is 11.8 Å². The highest BCUT2D eigenvalue weighted by Gasteiger charge is 2.26. The fourth-order valence-corrected chi connectivity index (χ4v) is 3.73. The van der Waals surface area contributed by atoms with E-state index in [0.717, 1.165) is 11.3 Å². The molecule has 6 heteroatoms. The van der Waals surface area contributed by atoms with Crippen LogP contribution in [-0.4, -0.2) is 34.6 Å². The summed E-state index contributed by atoms with van der Waals surface area (Å²) in [5.74, 6) is 0.921. The van der Waals surface area contributed by atoms with Crippen molar-refractivity contribution in [3.8, 4) is 0 Å². The van der Waals surface area contributed by atoms with Gasteiger partial charge in [0, 0.05) is 30.5 Å². The quantitative estimate of drug-likeness (QED) is 0.585. The van der Waals surface area contributed by atoms with Crippen molar-refractivity contribution in [1.29, 1.82) is 0 Å². The Labute approximate surface area is 176 Å². The molecule has 0 aliphatic carbocycles. The minimum absolute atomic E-state index is 0.00542. The summed E-state index contributed by atoms with van der Waals surface area (Å²) in [4.78, 5) is 27.0. The smallest absolute Gasteiger partial charge is 0.242 e. The monoisotopic (exact) mass is 416 g/mol. The number of rotatable bonds is 10. The SMILES string of the molecule is CC(C)NC(=O)[C@H](C)N(Cc1ccc(F)cc1)C(=O)CCSCc1ccccc1. The van der Waals surface area contributed by atoms with Gasteiger partial charge in [0.05, 0.1) is 0 Å². The number of hydrogen-bond acceptors (Lipinski definition) is 3. The second-order valence-corrected chi connectivity index (χ2v) is 8.38. The van der Waals surface area contributed by atoms with Crippen molar-refractivity contribution in [1.82, 2.24) is 10.2 Å². The zero-order chi connectivity index (χ0) is 21.2. The Morgan fingerprint density at radius 3 is 2.28 bits per heavy atom. The molecule has 2 aromatic carbocycles. The minimum atomic E-state index is -0.603. The lowest BCUT2D eigenvalue weighted by Gasteiger charge is -2.29. The largest absolute Gasteiger partial charge is 0.352 e. The van der Waals surface area contributed by atoms with Crippen molar-refractivity contribution < 1.29 is 14.0 Å². The van der Waals surface area contributed by atoms with Gasteiger partial charge in [-0.2, -0.15) is 11.8 Å². The highest BCUT2D eigenvalue weighted by atomic mass is 32.2. The summed E-state index contributed by atoms with van der Waals surface area (Å²) >= 11 is 1.69. The van der Waals surface area contributed by atoms with Gasteiger partial charge in [-0.1, -0.05) is 42.5 Å². The number of nitrogens with zero attached hydrogens (tertiary/aromatic N) is 1. The van der Waals surface area contributed by atoms with Gasteiger partial charge in [-0.15, -0.1) is 0 Å². The molecule has 0 saturated carbocycles. The van der Waals surface area contributed by atoms with E-state index in [2.05, 4.69) is 17.4 Å². The molecule has 0 radical (unpaired) electrons. The Balaban J connectivity index is 1.99. The van der Waals surface area contributed by atoms with E-state index in [4.69, 9.17) is 0 Å². The number of benzene rings is 2. The molecular formula is C23H29FN2O2S. The third-order valence-electron chi connectivity index (χ3n) is 4.44. The molecule has 0 heterocycles. The molecule has 2 amide bonds. The lowest BCUT2D eigenvalue weighted by molar-refractivity contribution is -0.140. The number of amides is 2. The fourth-order valence-electron chi connectivity index (χ4n) is 2.84. The maximum atomic E-state index is 13.2. The van der Waals surface area contributed by atoms with E-state index in [1.807, 2.05) is 32.0 Å². The molecule has 0 aliphatic heterocycles. The van der Waals surface area contributed by atoms with Gasteiger partial charge in [0.25, 0.3) is 0 Å². The number of carbonyl (C=O) groups is 2. The van der Waals surface area contributed by atoms with Crippen LogP contribution in [0.2, 0.25) is 0 Å². The molecule has 0 aromatic heterocycles. The predicted octanol–water partition coefficient (Wildman–Crippen LogP) is 4.39.